The second-order valence-electron chi connectivity index (χ2n) is 6.71. The van der Waals surface area contributed by atoms with Crippen LogP contribution in [0, 0.1) is 18.3 Å². The highest BCUT2D eigenvalue weighted by Crippen LogP contribution is 2.22. The summed E-state index contributed by atoms with van der Waals surface area (Å²) in [6.07, 6.45) is 3.19. The van der Waals surface area contributed by atoms with Gasteiger partial charge in [0.15, 0.2) is 0 Å². The first-order valence-electron chi connectivity index (χ1n) is 9.81. The highest BCUT2D eigenvalue weighted by Gasteiger charge is 2.17. The van der Waals surface area contributed by atoms with E-state index in [9.17, 15) is 10.1 Å². The largest absolute Gasteiger partial charge is 0.492 e. The molecule has 0 aliphatic heterocycles. The molecule has 0 aliphatic rings. The van der Waals surface area contributed by atoms with Crippen molar-refractivity contribution < 1.29 is 9.53 Å². The van der Waals surface area contributed by atoms with Gasteiger partial charge in [-0.15, -0.1) is 0 Å². The van der Waals surface area contributed by atoms with Gasteiger partial charge < -0.3 is 15.4 Å². The zero-order valence-corrected chi connectivity index (χ0v) is 17.2. The molecule has 1 aromatic heterocycles. The van der Waals surface area contributed by atoms with E-state index >= 15 is 0 Å². The highest BCUT2D eigenvalue weighted by atomic mass is 16.5. The molecule has 0 aliphatic carbocycles. The van der Waals surface area contributed by atoms with Crippen LogP contribution >= 0.6 is 0 Å². The Bertz CT molecular complexity index is 869. The van der Waals surface area contributed by atoms with E-state index in [0.29, 0.717) is 12.3 Å². The summed E-state index contributed by atoms with van der Waals surface area (Å²) in [4.78, 5) is 17.0. The Hall–Kier alpha value is -3.17. The average Bonchev–Trinajstić information content (AvgIpc) is 2.72. The summed E-state index contributed by atoms with van der Waals surface area (Å²) in [6.45, 7) is 5.29. The molecule has 1 atom stereocenters. The summed E-state index contributed by atoms with van der Waals surface area (Å²) in [5.74, 6) is 0.386. The molecule has 152 valence electrons. The number of aromatic nitrogens is 1. The number of ether oxygens (including phenoxy) is 1. The van der Waals surface area contributed by atoms with Crippen molar-refractivity contribution in [3.05, 3.63) is 65.0 Å². The first-order chi connectivity index (χ1) is 14.1. The van der Waals surface area contributed by atoms with E-state index in [1.54, 1.807) is 6.07 Å². The standard InChI is InChI=1S/C23H28N4O2/c1-4-6-22(18-9-11-21(12-10-18)29-14-13-25-3)27-23(28)19(16-24)15-20-8-5-7-17(2)26-20/h5,7-12,15,22,25H,4,6,13-14H2,1-3H3,(H,27,28)/b19-15+. The van der Waals surface area contributed by atoms with Crippen LogP contribution in [0.25, 0.3) is 6.08 Å². The lowest BCUT2D eigenvalue weighted by atomic mass is 10.0. The molecule has 0 saturated carbocycles. The van der Waals surface area contributed by atoms with Gasteiger partial charge in [0.25, 0.3) is 5.91 Å². The van der Waals surface area contributed by atoms with E-state index in [1.807, 2.05) is 56.4 Å². The topological polar surface area (TPSA) is 87.0 Å². The van der Waals surface area contributed by atoms with Crippen LogP contribution in [0.2, 0.25) is 0 Å². The normalized spacial score (nSPS) is 12.1. The number of aryl methyl sites for hydroxylation is 1. The molecule has 2 rings (SSSR count). The molecule has 0 spiro atoms. The molecule has 1 heterocycles. The van der Waals surface area contributed by atoms with Crippen molar-refractivity contribution in [2.75, 3.05) is 20.2 Å². The Morgan fingerprint density at radius 3 is 2.66 bits per heavy atom. The van der Waals surface area contributed by atoms with Crippen molar-refractivity contribution in [1.29, 1.82) is 5.26 Å². The third-order valence-corrected chi connectivity index (χ3v) is 4.35. The number of rotatable bonds is 10. The lowest BCUT2D eigenvalue weighted by Crippen LogP contribution is -2.29. The van der Waals surface area contributed by atoms with E-state index in [1.165, 1.54) is 6.08 Å². The van der Waals surface area contributed by atoms with Gasteiger partial charge in [-0.05, 0) is 56.3 Å². The molecule has 0 saturated heterocycles. The summed E-state index contributed by atoms with van der Waals surface area (Å²) in [5, 5.41) is 15.5. The van der Waals surface area contributed by atoms with Crippen molar-refractivity contribution in [1.82, 2.24) is 15.6 Å². The second-order valence-corrected chi connectivity index (χ2v) is 6.71. The number of nitrogens with one attached hydrogen (secondary N) is 2. The molecule has 0 bridgehead atoms. The number of carbonyl (C=O) groups excluding carboxylic acids is 1. The van der Waals surface area contributed by atoms with Crippen LogP contribution in [0.1, 0.15) is 42.8 Å². The maximum Gasteiger partial charge on any atom is 0.262 e. The molecule has 6 heteroatoms. The van der Waals surface area contributed by atoms with E-state index in [0.717, 1.165) is 36.4 Å². The van der Waals surface area contributed by atoms with Crippen LogP contribution in [0.4, 0.5) is 0 Å². The van der Waals surface area contributed by atoms with Gasteiger partial charge in [-0.25, -0.2) is 0 Å². The molecule has 1 unspecified atom stereocenters. The van der Waals surface area contributed by atoms with Crippen LogP contribution < -0.4 is 15.4 Å². The SMILES string of the molecule is CCCC(NC(=O)/C(C#N)=C/c1cccc(C)n1)c1ccc(OCCNC)cc1. The molecule has 1 aromatic carbocycles. The summed E-state index contributed by atoms with van der Waals surface area (Å²) in [5.41, 5.74) is 2.44. The van der Waals surface area contributed by atoms with Crippen molar-refractivity contribution in [2.24, 2.45) is 0 Å². The molecule has 0 radical (unpaired) electrons. The van der Waals surface area contributed by atoms with Gasteiger partial charge in [-0.3, -0.25) is 9.78 Å². The molecular weight excluding hydrogens is 364 g/mol. The van der Waals surface area contributed by atoms with Gasteiger partial charge in [0.1, 0.15) is 24.0 Å². The number of benzene rings is 1. The summed E-state index contributed by atoms with van der Waals surface area (Å²) < 4.78 is 5.64. The van der Waals surface area contributed by atoms with Crippen LogP contribution in [0.15, 0.2) is 48.0 Å². The number of pyridine rings is 1. The number of nitriles is 1. The van der Waals surface area contributed by atoms with E-state index in [-0.39, 0.29) is 11.6 Å². The van der Waals surface area contributed by atoms with Crippen molar-refractivity contribution in [3.8, 4) is 11.8 Å². The molecule has 6 nitrogen and oxygen atoms in total. The van der Waals surface area contributed by atoms with Crippen LogP contribution in [0.5, 0.6) is 5.75 Å². The average molecular weight is 393 g/mol. The molecule has 29 heavy (non-hydrogen) atoms. The van der Waals surface area contributed by atoms with E-state index in [2.05, 4.69) is 22.5 Å². The lowest BCUT2D eigenvalue weighted by molar-refractivity contribution is -0.117. The van der Waals surface area contributed by atoms with Gasteiger partial charge >= 0.3 is 0 Å². The van der Waals surface area contributed by atoms with Crippen LogP contribution in [0.3, 0.4) is 0 Å². The molecule has 2 N–H and O–H groups in total. The zero-order chi connectivity index (χ0) is 21.1. The molecule has 0 fully saturated rings. The number of nitrogens with zero attached hydrogens (tertiary/aromatic N) is 2. The number of hydrogen-bond donors (Lipinski definition) is 2. The Morgan fingerprint density at radius 1 is 1.28 bits per heavy atom. The minimum atomic E-state index is -0.399. The number of likely N-dealkylation sites (N-methyl/N-ethyl adjacent to an activating group) is 1. The van der Waals surface area contributed by atoms with Crippen molar-refractivity contribution in [3.63, 3.8) is 0 Å². The first kappa shape index (κ1) is 22.1. The third kappa shape index (κ3) is 7.05. The number of carbonyl (C=O) groups is 1. The minimum absolute atomic E-state index is 0.0382. The maximum absolute atomic E-state index is 12.7. The predicted octanol–water partition coefficient (Wildman–Crippen LogP) is 3.55. The van der Waals surface area contributed by atoms with Gasteiger partial charge in [0.2, 0.25) is 0 Å². The lowest BCUT2D eigenvalue weighted by Gasteiger charge is -2.19. The fourth-order valence-electron chi connectivity index (χ4n) is 2.86. The van der Waals surface area contributed by atoms with Crippen LogP contribution in [-0.4, -0.2) is 31.1 Å². The summed E-state index contributed by atoms with van der Waals surface area (Å²) in [7, 11) is 1.88. The smallest absolute Gasteiger partial charge is 0.262 e. The molecular formula is C23H28N4O2. The molecule has 2 aromatic rings. The van der Waals surface area contributed by atoms with E-state index < -0.39 is 5.91 Å². The third-order valence-electron chi connectivity index (χ3n) is 4.35. The monoisotopic (exact) mass is 392 g/mol. The van der Waals surface area contributed by atoms with Crippen molar-refractivity contribution in [2.45, 2.75) is 32.7 Å². The van der Waals surface area contributed by atoms with Crippen LogP contribution in [-0.2, 0) is 4.79 Å². The van der Waals surface area contributed by atoms with Crippen molar-refractivity contribution >= 4 is 12.0 Å². The predicted molar refractivity (Wildman–Crippen MR) is 114 cm³/mol. The minimum Gasteiger partial charge on any atom is -0.492 e. The Labute approximate surface area is 172 Å². The van der Waals surface area contributed by atoms with Gasteiger partial charge in [-0.1, -0.05) is 31.5 Å². The summed E-state index contributed by atoms with van der Waals surface area (Å²) in [6, 6.07) is 15.0. The fraction of sp³-hybridized carbons (Fsp3) is 0.348. The van der Waals surface area contributed by atoms with E-state index in [4.69, 9.17) is 4.74 Å². The highest BCUT2D eigenvalue weighted by molar-refractivity contribution is 6.01. The first-order valence-corrected chi connectivity index (χ1v) is 9.81. The fourth-order valence-corrected chi connectivity index (χ4v) is 2.86. The number of hydrogen-bond acceptors (Lipinski definition) is 5. The second kappa shape index (κ2) is 11.6. The number of amides is 1. The zero-order valence-electron chi connectivity index (χ0n) is 17.2. The Kier molecular flexibility index (Phi) is 8.87. The van der Waals surface area contributed by atoms with Gasteiger partial charge in [-0.2, -0.15) is 5.26 Å². The van der Waals surface area contributed by atoms with Gasteiger partial charge in [0.05, 0.1) is 11.7 Å². The Morgan fingerprint density at radius 2 is 2.03 bits per heavy atom. The van der Waals surface area contributed by atoms with Gasteiger partial charge in [0, 0.05) is 12.2 Å². The Balaban J connectivity index is 2.12. The quantitative estimate of drug-likeness (QED) is 0.367. The maximum atomic E-state index is 12.7. The molecule has 1 amide bonds. The summed E-state index contributed by atoms with van der Waals surface area (Å²) >= 11 is 0.